The molecule has 0 bridgehead atoms. The second-order valence-corrected chi connectivity index (χ2v) is 5.44. The van der Waals surface area contributed by atoms with Gasteiger partial charge in [-0.15, -0.1) is 0 Å². The summed E-state index contributed by atoms with van der Waals surface area (Å²) in [4.78, 5) is 0. The maximum absolute atomic E-state index is 8.89. The molecule has 1 aromatic rings. The highest BCUT2D eigenvalue weighted by Crippen LogP contribution is 2.16. The van der Waals surface area contributed by atoms with Gasteiger partial charge in [0.1, 0.15) is 0 Å². The first-order valence-electron chi connectivity index (χ1n) is 5.06. The minimum absolute atomic E-state index is 0.101. The fourth-order valence-corrected chi connectivity index (χ4v) is 2.23. The molecular formula is C12H19NOS. The molecule has 3 N–H and O–H groups in total. The molecule has 0 saturated carbocycles. The van der Waals surface area contributed by atoms with Crippen molar-refractivity contribution in [3.8, 4) is 0 Å². The third-order valence-electron chi connectivity index (χ3n) is 1.95. The minimum Gasteiger partial charge on any atom is -0.392 e. The van der Waals surface area contributed by atoms with E-state index < -0.39 is 0 Å². The van der Waals surface area contributed by atoms with Crippen molar-refractivity contribution in [3.63, 3.8) is 0 Å². The quantitative estimate of drug-likeness (QED) is 0.807. The predicted molar refractivity (Wildman–Crippen MR) is 66.8 cm³/mol. The van der Waals surface area contributed by atoms with E-state index >= 15 is 0 Å². The molecule has 2 nitrogen and oxygen atoms in total. The average molecular weight is 225 g/mol. The van der Waals surface area contributed by atoms with E-state index in [0.29, 0.717) is 0 Å². The van der Waals surface area contributed by atoms with Gasteiger partial charge in [0, 0.05) is 17.0 Å². The van der Waals surface area contributed by atoms with Crippen LogP contribution < -0.4 is 5.73 Å². The molecule has 0 aliphatic heterocycles. The van der Waals surface area contributed by atoms with Crippen molar-refractivity contribution in [1.29, 1.82) is 0 Å². The number of nitrogens with two attached hydrogens (primary N) is 1. The van der Waals surface area contributed by atoms with Gasteiger partial charge in [-0.3, -0.25) is 0 Å². The fraction of sp³-hybridized carbons (Fsp3) is 0.500. The molecule has 0 atom stereocenters. The Bertz CT molecular complexity index is 289. The van der Waals surface area contributed by atoms with Crippen LogP contribution in [-0.2, 0) is 12.4 Å². The number of hydrogen-bond donors (Lipinski definition) is 2. The van der Waals surface area contributed by atoms with Crippen LogP contribution in [-0.4, -0.2) is 16.4 Å². The van der Waals surface area contributed by atoms with Gasteiger partial charge in [-0.1, -0.05) is 24.3 Å². The van der Waals surface area contributed by atoms with Crippen LogP contribution in [0.4, 0.5) is 0 Å². The summed E-state index contributed by atoms with van der Waals surface area (Å²) in [5.74, 6) is 1.93. The van der Waals surface area contributed by atoms with Gasteiger partial charge in [-0.2, -0.15) is 11.8 Å². The van der Waals surface area contributed by atoms with Gasteiger partial charge in [-0.25, -0.2) is 0 Å². The van der Waals surface area contributed by atoms with Crippen molar-refractivity contribution >= 4 is 11.8 Å². The Morgan fingerprint density at radius 1 is 1.20 bits per heavy atom. The van der Waals surface area contributed by atoms with Gasteiger partial charge in [-0.05, 0) is 25.0 Å². The van der Waals surface area contributed by atoms with Gasteiger partial charge < -0.3 is 10.8 Å². The van der Waals surface area contributed by atoms with Gasteiger partial charge in [0.05, 0.1) is 6.61 Å². The lowest BCUT2D eigenvalue weighted by molar-refractivity contribution is 0.282. The fourth-order valence-electron chi connectivity index (χ4n) is 1.17. The van der Waals surface area contributed by atoms with E-state index in [1.807, 2.05) is 37.7 Å². The van der Waals surface area contributed by atoms with Crippen LogP contribution in [0.25, 0.3) is 0 Å². The largest absolute Gasteiger partial charge is 0.392 e. The third kappa shape index (κ3) is 5.21. The summed E-state index contributed by atoms with van der Waals surface area (Å²) in [6.45, 7) is 4.19. The monoisotopic (exact) mass is 225 g/mol. The van der Waals surface area contributed by atoms with E-state index in [4.69, 9.17) is 10.8 Å². The van der Waals surface area contributed by atoms with E-state index in [1.54, 1.807) is 0 Å². The van der Waals surface area contributed by atoms with E-state index in [0.717, 1.165) is 17.1 Å². The number of hydrogen-bond acceptors (Lipinski definition) is 3. The van der Waals surface area contributed by atoms with Gasteiger partial charge >= 0.3 is 0 Å². The molecule has 0 aliphatic rings. The van der Waals surface area contributed by atoms with E-state index in [-0.39, 0.29) is 12.1 Å². The zero-order valence-electron chi connectivity index (χ0n) is 9.36. The number of aliphatic hydroxyl groups excluding tert-OH is 1. The number of thioether (sulfide) groups is 1. The summed E-state index contributed by atoms with van der Waals surface area (Å²) < 4.78 is 0. The topological polar surface area (TPSA) is 46.2 Å². The van der Waals surface area contributed by atoms with Crippen LogP contribution in [0.5, 0.6) is 0 Å². The Morgan fingerprint density at radius 2 is 1.73 bits per heavy atom. The van der Waals surface area contributed by atoms with Gasteiger partial charge in [0.25, 0.3) is 0 Å². The van der Waals surface area contributed by atoms with Gasteiger partial charge in [0.2, 0.25) is 0 Å². The van der Waals surface area contributed by atoms with Crippen molar-refractivity contribution in [2.75, 3.05) is 5.75 Å². The second kappa shape index (κ2) is 5.54. The summed E-state index contributed by atoms with van der Waals surface area (Å²) in [5, 5.41) is 8.89. The lowest BCUT2D eigenvalue weighted by atomic mass is 10.1. The third-order valence-corrected chi connectivity index (χ3v) is 3.43. The molecule has 0 saturated heterocycles. The van der Waals surface area contributed by atoms with E-state index in [9.17, 15) is 0 Å². The molecule has 1 aromatic carbocycles. The Kier molecular flexibility index (Phi) is 4.64. The molecule has 0 unspecified atom stereocenters. The summed E-state index contributed by atoms with van der Waals surface area (Å²) >= 11 is 1.84. The van der Waals surface area contributed by atoms with Crippen molar-refractivity contribution in [1.82, 2.24) is 0 Å². The van der Waals surface area contributed by atoms with Crippen LogP contribution in [0.15, 0.2) is 24.3 Å². The van der Waals surface area contributed by atoms with Crippen LogP contribution >= 0.6 is 11.8 Å². The van der Waals surface area contributed by atoms with Crippen LogP contribution in [0.2, 0.25) is 0 Å². The number of benzene rings is 1. The maximum atomic E-state index is 8.89. The van der Waals surface area contributed by atoms with Crippen molar-refractivity contribution < 1.29 is 5.11 Å². The SMILES string of the molecule is CC(C)(N)CSCc1ccc(CO)cc1. The normalized spacial score (nSPS) is 11.7. The standard InChI is InChI=1S/C12H19NOS/c1-12(2,13)9-15-8-11-5-3-10(7-14)4-6-11/h3-6,14H,7-9,13H2,1-2H3. The Morgan fingerprint density at radius 3 is 2.20 bits per heavy atom. The molecule has 0 aromatic heterocycles. The predicted octanol–water partition coefficient (Wildman–Crippen LogP) is 2.15. The van der Waals surface area contributed by atoms with E-state index in [1.165, 1.54) is 5.56 Å². The Labute approximate surface area is 95.9 Å². The molecule has 0 aliphatic carbocycles. The Hall–Kier alpha value is -0.510. The van der Waals surface area contributed by atoms with Crippen molar-refractivity contribution in [2.45, 2.75) is 31.7 Å². The lowest BCUT2D eigenvalue weighted by Crippen LogP contribution is -2.34. The first kappa shape index (κ1) is 12.6. The van der Waals surface area contributed by atoms with Gasteiger partial charge in [0.15, 0.2) is 0 Å². The first-order chi connectivity index (χ1) is 7.01. The zero-order chi connectivity index (χ0) is 11.3. The van der Waals surface area contributed by atoms with Crippen LogP contribution in [0.3, 0.4) is 0 Å². The summed E-state index contributed by atoms with van der Waals surface area (Å²) in [6, 6.07) is 8.04. The first-order valence-corrected chi connectivity index (χ1v) is 6.22. The van der Waals surface area contributed by atoms with Crippen molar-refractivity contribution in [3.05, 3.63) is 35.4 Å². The van der Waals surface area contributed by atoms with E-state index in [2.05, 4.69) is 12.1 Å². The molecule has 3 heteroatoms. The molecule has 84 valence electrons. The van der Waals surface area contributed by atoms with Crippen LogP contribution in [0.1, 0.15) is 25.0 Å². The summed E-state index contributed by atoms with van der Waals surface area (Å²) in [5.41, 5.74) is 8.03. The molecule has 15 heavy (non-hydrogen) atoms. The minimum atomic E-state index is -0.101. The van der Waals surface area contributed by atoms with Crippen molar-refractivity contribution in [2.24, 2.45) is 5.73 Å². The molecule has 0 heterocycles. The highest BCUT2D eigenvalue weighted by atomic mass is 32.2. The molecule has 1 rings (SSSR count). The molecule has 0 radical (unpaired) electrons. The summed E-state index contributed by atoms with van der Waals surface area (Å²) in [6.07, 6.45) is 0. The lowest BCUT2D eigenvalue weighted by Gasteiger charge is -2.17. The molecule has 0 spiro atoms. The number of rotatable bonds is 5. The smallest absolute Gasteiger partial charge is 0.0681 e. The van der Waals surface area contributed by atoms with Crippen LogP contribution in [0, 0.1) is 0 Å². The average Bonchev–Trinajstić information content (AvgIpc) is 2.17. The second-order valence-electron chi connectivity index (χ2n) is 4.46. The Balaban J connectivity index is 2.38. The maximum Gasteiger partial charge on any atom is 0.0681 e. The molecular weight excluding hydrogens is 206 g/mol. The zero-order valence-corrected chi connectivity index (χ0v) is 10.2. The summed E-state index contributed by atoms with van der Waals surface area (Å²) in [7, 11) is 0. The highest BCUT2D eigenvalue weighted by Gasteiger charge is 2.09. The molecule has 0 fully saturated rings. The number of aliphatic hydroxyl groups is 1. The molecule has 0 amide bonds. The highest BCUT2D eigenvalue weighted by molar-refractivity contribution is 7.98.